The topological polar surface area (TPSA) is 92.2 Å². The summed E-state index contributed by atoms with van der Waals surface area (Å²) in [7, 11) is 0. The van der Waals surface area contributed by atoms with Gasteiger partial charge in [-0.05, 0) is 156 Å². The van der Waals surface area contributed by atoms with Gasteiger partial charge in [0.1, 0.15) is 30.7 Å². The van der Waals surface area contributed by atoms with E-state index >= 15 is 0 Å². The maximum absolute atomic E-state index is 13.5. The van der Waals surface area contributed by atoms with Gasteiger partial charge in [-0.15, -0.1) is 22.7 Å². The molecular formula is C73H84N6O2S8. The van der Waals surface area contributed by atoms with E-state index in [1.54, 1.807) is 9.80 Å². The van der Waals surface area contributed by atoms with Crippen LogP contribution in [0.4, 0.5) is 0 Å². The first kappa shape index (κ1) is 64.6. The predicted octanol–water partition coefficient (Wildman–Crippen LogP) is 22.5. The zero-order valence-corrected chi connectivity index (χ0v) is 60.0. The minimum atomic E-state index is -0.184. The Morgan fingerprint density at radius 1 is 0.483 bits per heavy atom. The average molecular weight is 1330 g/mol. The summed E-state index contributed by atoms with van der Waals surface area (Å²) in [5.74, 6) is 2.17. The van der Waals surface area contributed by atoms with Crippen molar-refractivity contribution >= 4 is 160 Å². The zero-order chi connectivity index (χ0) is 62.5. The quantitative estimate of drug-likeness (QED) is 0.0366. The summed E-state index contributed by atoms with van der Waals surface area (Å²) in [4.78, 5) is 36.9. The van der Waals surface area contributed by atoms with Crippen molar-refractivity contribution in [3.05, 3.63) is 104 Å². The van der Waals surface area contributed by atoms with E-state index in [0.717, 1.165) is 95.7 Å². The van der Waals surface area contributed by atoms with Crippen molar-refractivity contribution in [3.63, 3.8) is 0 Å². The number of amides is 2. The number of thiocarbonyl (C=S) groups is 2. The molecule has 2 saturated heterocycles. The molecule has 6 heterocycles. The fraction of sp³-hybridized carbons (Fsp3) is 0.479. The zero-order valence-electron chi connectivity index (χ0n) is 53.4. The summed E-state index contributed by atoms with van der Waals surface area (Å²) >= 11 is 20.4. The summed E-state index contributed by atoms with van der Waals surface area (Å²) in [6, 6.07) is 24.6. The first-order chi connectivity index (χ1) is 43.2. The fourth-order valence-corrected chi connectivity index (χ4v) is 21.8. The second-order valence-electron chi connectivity index (χ2n) is 25.8. The lowest BCUT2D eigenvalue weighted by Gasteiger charge is -2.38. The lowest BCUT2D eigenvalue weighted by molar-refractivity contribution is -0.122. The average Bonchev–Trinajstić information content (AvgIpc) is 1.55. The van der Waals surface area contributed by atoms with Gasteiger partial charge in [0, 0.05) is 65.7 Å². The van der Waals surface area contributed by atoms with Crippen molar-refractivity contribution in [3.8, 4) is 41.8 Å². The van der Waals surface area contributed by atoms with Crippen molar-refractivity contribution in [2.75, 3.05) is 13.1 Å². The summed E-state index contributed by atoms with van der Waals surface area (Å²) in [6.45, 7) is 24.3. The van der Waals surface area contributed by atoms with Crippen LogP contribution in [0.2, 0.25) is 0 Å². The van der Waals surface area contributed by atoms with Crippen molar-refractivity contribution in [2.45, 2.75) is 189 Å². The van der Waals surface area contributed by atoms with Gasteiger partial charge in [0.25, 0.3) is 11.8 Å². The first-order valence-electron chi connectivity index (χ1n) is 33.1. The van der Waals surface area contributed by atoms with Gasteiger partial charge >= 0.3 is 0 Å². The molecule has 0 saturated carbocycles. The number of thiophene rings is 2. The molecule has 2 aliphatic heterocycles. The third-order valence-corrected chi connectivity index (χ3v) is 26.7. The molecule has 2 aliphatic carbocycles. The van der Waals surface area contributed by atoms with Crippen molar-refractivity contribution in [2.24, 2.45) is 23.7 Å². The van der Waals surface area contributed by atoms with Gasteiger partial charge in [-0.2, -0.15) is 17.5 Å². The second kappa shape index (κ2) is 27.2. The van der Waals surface area contributed by atoms with E-state index < -0.39 is 0 Å². The van der Waals surface area contributed by atoms with E-state index in [0.29, 0.717) is 55.2 Å². The molecule has 8 aromatic rings. The van der Waals surface area contributed by atoms with Gasteiger partial charge in [0.05, 0.1) is 33.3 Å². The van der Waals surface area contributed by atoms with Gasteiger partial charge in [0.2, 0.25) is 0 Å². The number of aromatic nitrogens is 4. The van der Waals surface area contributed by atoms with Crippen molar-refractivity contribution in [1.29, 1.82) is 0 Å². The molecule has 2 fully saturated rings. The van der Waals surface area contributed by atoms with Crippen LogP contribution in [0.5, 0.6) is 0 Å². The largest absolute Gasteiger partial charge is 0.293 e. The van der Waals surface area contributed by atoms with E-state index in [1.807, 2.05) is 48.7 Å². The van der Waals surface area contributed by atoms with Gasteiger partial charge in [-0.3, -0.25) is 19.4 Å². The molecule has 89 heavy (non-hydrogen) atoms. The smallest absolute Gasteiger partial charge is 0.266 e. The van der Waals surface area contributed by atoms with E-state index in [9.17, 15) is 9.59 Å². The molecular weight excluding hydrogens is 1250 g/mol. The normalized spacial score (nSPS) is 20.3. The van der Waals surface area contributed by atoms with Crippen molar-refractivity contribution in [1.82, 2.24) is 27.3 Å². The summed E-state index contributed by atoms with van der Waals surface area (Å²) < 4.78 is 21.1. The van der Waals surface area contributed by atoms with Gasteiger partial charge in [-0.25, -0.2) is 0 Å². The number of unbranched alkanes of at least 4 members (excludes halogenated alkanes) is 3. The Bertz CT molecular complexity index is 4090. The standard InChI is InChI=1S/C73H84N6O2S8/c1-11-20-23-43(15-5)39-72(38-42(10)14-4)54-32-48-31-53-55(33-49(48)30-52(54)66-56(72)36-58(84-66)50-28-26-46(62-64(50)76-88-74-62)34-60-68(80)78(18-8)70(82)86-60)73(40-44(16-6)24-21-12-2,41-45(17-7)25-22-13-3)57-37-59(85-67(53)57)51-29-27-47(63-65(51)77-89-75-63)35-61-69(81)79(19-9)71(83)87-61/h26-37,42-45H,11-25,38-41H2,1-10H3/b60-34-,61-35-. The van der Waals surface area contributed by atoms with Crippen LogP contribution in [0.1, 0.15) is 212 Å². The lowest BCUT2D eigenvalue weighted by Crippen LogP contribution is -2.31. The first-order valence-corrected chi connectivity index (χ1v) is 38.7. The fourth-order valence-electron chi connectivity index (χ4n) is 15.3. The number of hydrogen-bond donors (Lipinski definition) is 0. The van der Waals surface area contributed by atoms with Crippen LogP contribution >= 0.6 is 94.1 Å². The molecule has 5 unspecified atom stereocenters. The molecule has 12 rings (SSSR count). The minimum Gasteiger partial charge on any atom is -0.293 e. The molecule has 16 heteroatoms. The monoisotopic (exact) mass is 1330 g/mol. The Kier molecular flexibility index (Phi) is 19.7. The number of hydrogen-bond acceptors (Lipinski definition) is 14. The van der Waals surface area contributed by atoms with E-state index in [-0.39, 0.29) is 22.6 Å². The minimum absolute atomic E-state index is 0.0423. The number of fused-ring (bicyclic) bond motifs is 9. The number of nitrogens with zero attached hydrogens (tertiary/aromatic N) is 6. The summed E-state index contributed by atoms with van der Waals surface area (Å²) in [6.07, 6.45) is 24.0. The predicted molar refractivity (Wildman–Crippen MR) is 394 cm³/mol. The highest BCUT2D eigenvalue weighted by molar-refractivity contribution is 8.27. The number of thioether (sulfide) groups is 2. The molecule has 0 N–H and O–H groups in total. The highest BCUT2D eigenvalue weighted by atomic mass is 32.2. The Labute approximate surface area is 563 Å². The molecule has 0 radical (unpaired) electrons. The molecule has 0 spiro atoms. The van der Waals surface area contributed by atoms with Crippen molar-refractivity contribution < 1.29 is 9.59 Å². The van der Waals surface area contributed by atoms with Gasteiger partial charge in [-0.1, -0.05) is 211 Å². The van der Waals surface area contributed by atoms with Crippen LogP contribution in [0, 0.1) is 23.7 Å². The Morgan fingerprint density at radius 2 is 0.876 bits per heavy atom. The third kappa shape index (κ3) is 11.7. The van der Waals surface area contributed by atoms with Crippen LogP contribution < -0.4 is 0 Å². The third-order valence-electron chi connectivity index (χ3n) is 20.4. The van der Waals surface area contributed by atoms with E-state index in [1.165, 1.54) is 168 Å². The lowest BCUT2D eigenvalue weighted by atomic mass is 9.65. The summed E-state index contributed by atoms with van der Waals surface area (Å²) in [5, 5.41) is 2.68. The maximum Gasteiger partial charge on any atom is 0.266 e. The molecule has 4 aliphatic rings. The summed E-state index contributed by atoms with van der Waals surface area (Å²) in [5.41, 5.74) is 15.9. The number of carbonyl (C=O) groups is 2. The van der Waals surface area contributed by atoms with E-state index in [4.69, 9.17) is 41.9 Å². The molecule has 5 atom stereocenters. The van der Waals surface area contributed by atoms with Crippen LogP contribution in [0.15, 0.2) is 70.5 Å². The second-order valence-corrected chi connectivity index (χ2v) is 32.3. The maximum atomic E-state index is 13.5. The molecule has 4 aromatic heterocycles. The highest BCUT2D eigenvalue weighted by Crippen LogP contribution is 2.64. The highest BCUT2D eigenvalue weighted by Gasteiger charge is 2.50. The number of benzene rings is 4. The van der Waals surface area contributed by atoms with Gasteiger partial charge < -0.3 is 0 Å². The Morgan fingerprint density at radius 3 is 1.24 bits per heavy atom. The molecule has 4 aromatic carbocycles. The van der Waals surface area contributed by atoms with Crippen LogP contribution in [0.3, 0.4) is 0 Å². The Hall–Kier alpha value is -4.52. The van der Waals surface area contributed by atoms with Gasteiger partial charge in [0.15, 0.2) is 0 Å². The molecule has 8 nitrogen and oxygen atoms in total. The molecule has 0 bridgehead atoms. The SMILES string of the molecule is CCCCC(CC)CC1(CC(C)CC)c2cc3cc4c(cc3cc2-c2sc(-c3ccc(/C=C5\SC(=S)N(CC)C5=O)c5nsnc35)cc21)C(CC(CC)CCCC)(CC(CC)CCCC)c1cc(-c2ccc(/C=C3\SC(=S)N(CC)C3=O)c3nsnc23)sc1-4. The van der Waals surface area contributed by atoms with Crippen LogP contribution in [-0.4, -0.2) is 60.8 Å². The molecule has 466 valence electrons. The van der Waals surface area contributed by atoms with E-state index in [2.05, 4.69) is 116 Å². The molecule has 2 amide bonds. The van der Waals surface area contributed by atoms with Crippen LogP contribution in [0.25, 0.3) is 86.8 Å². The Balaban J connectivity index is 1.06. The number of rotatable bonds is 27. The number of likely N-dealkylation sites (N-methyl/N-ethyl adjacent to an activating group) is 2. The van der Waals surface area contributed by atoms with Crippen LogP contribution in [-0.2, 0) is 20.4 Å². The number of carbonyl (C=O) groups excluding carboxylic acids is 2.